The van der Waals surface area contributed by atoms with Crippen LogP contribution >= 0.6 is 7.82 Å². The molecule has 6 N–H and O–H groups in total. The summed E-state index contributed by atoms with van der Waals surface area (Å²) in [5, 5.41) is 19.8. The molecule has 0 saturated carbocycles. The molecule has 4 atom stereocenters. The lowest BCUT2D eigenvalue weighted by Gasteiger charge is -2.13. The number of hydrogen-bond donors (Lipinski definition) is 5. The molecule has 1 fully saturated rings. The number of nitrogens with two attached hydrogens (primary N) is 1. The molecule has 10 nitrogen and oxygen atoms in total. The number of nitrogens with zero attached hydrogens (tertiary/aromatic N) is 1. The Kier molecular flexibility index (Phi) is 4.93. The number of phosphoric acid groups is 1. The van der Waals surface area contributed by atoms with Crippen molar-refractivity contribution in [2.24, 2.45) is 5.73 Å². The van der Waals surface area contributed by atoms with E-state index in [1.165, 1.54) is 29.1 Å². The van der Waals surface area contributed by atoms with Crippen molar-refractivity contribution < 1.29 is 43.2 Å². The summed E-state index contributed by atoms with van der Waals surface area (Å²) >= 11 is 0. The largest absolute Gasteiger partial charge is 0.469 e. The van der Waals surface area contributed by atoms with Crippen molar-refractivity contribution in [2.45, 2.75) is 24.5 Å². The van der Waals surface area contributed by atoms with Gasteiger partial charge in [-0.2, -0.15) is 4.57 Å². The second-order valence-electron chi connectivity index (χ2n) is 4.74. The fourth-order valence-corrected chi connectivity index (χ4v) is 2.42. The van der Waals surface area contributed by atoms with Crippen LogP contribution in [0.1, 0.15) is 16.6 Å². The van der Waals surface area contributed by atoms with Crippen molar-refractivity contribution in [1.82, 2.24) is 0 Å². The third-order valence-corrected chi connectivity index (χ3v) is 3.63. The van der Waals surface area contributed by atoms with E-state index >= 15 is 0 Å². The van der Waals surface area contributed by atoms with E-state index in [0.717, 1.165) is 0 Å². The summed E-state index contributed by atoms with van der Waals surface area (Å²) in [5.41, 5.74) is 5.32. The van der Waals surface area contributed by atoms with Crippen molar-refractivity contribution in [3.8, 4) is 0 Å². The Bertz CT molecular complexity index is 606. The Labute approximate surface area is 124 Å². The highest BCUT2D eigenvalue weighted by Crippen LogP contribution is 2.37. The Morgan fingerprint density at radius 3 is 2.68 bits per heavy atom. The summed E-state index contributed by atoms with van der Waals surface area (Å²) in [7, 11) is -4.72. The van der Waals surface area contributed by atoms with Crippen molar-refractivity contribution in [1.29, 1.82) is 0 Å². The molecule has 1 aliphatic heterocycles. The Morgan fingerprint density at radius 1 is 1.41 bits per heavy atom. The summed E-state index contributed by atoms with van der Waals surface area (Å²) in [6.07, 6.45) is -2.18. The fraction of sp³-hybridized carbons (Fsp3) is 0.455. The zero-order valence-electron chi connectivity index (χ0n) is 11.2. The van der Waals surface area contributed by atoms with E-state index < -0.39 is 44.9 Å². The molecule has 1 aliphatic rings. The number of pyridine rings is 1. The van der Waals surface area contributed by atoms with E-state index in [-0.39, 0.29) is 5.56 Å². The van der Waals surface area contributed by atoms with E-state index in [0.29, 0.717) is 0 Å². The molecule has 0 spiro atoms. The first kappa shape index (κ1) is 17.0. The highest BCUT2D eigenvalue weighted by Gasteiger charge is 2.48. The van der Waals surface area contributed by atoms with Crippen LogP contribution in [0.4, 0.5) is 0 Å². The zero-order chi connectivity index (χ0) is 16.5. The van der Waals surface area contributed by atoms with E-state index in [2.05, 4.69) is 4.52 Å². The van der Waals surface area contributed by atoms with Crippen LogP contribution in [-0.2, 0) is 13.8 Å². The number of ether oxygens (including phenoxy) is 1. The maximum Gasteiger partial charge on any atom is 0.469 e. The third kappa shape index (κ3) is 3.87. The fourth-order valence-electron chi connectivity index (χ4n) is 2.08. The number of amides is 1. The van der Waals surface area contributed by atoms with Gasteiger partial charge in [-0.05, 0) is 6.07 Å². The molecule has 1 amide bonds. The van der Waals surface area contributed by atoms with Crippen LogP contribution in [0.5, 0.6) is 0 Å². The van der Waals surface area contributed by atoms with E-state index in [1.807, 2.05) is 0 Å². The number of aromatic nitrogens is 1. The first-order valence-corrected chi connectivity index (χ1v) is 7.74. The topological polar surface area (TPSA) is 163 Å². The molecule has 2 heterocycles. The predicted octanol–water partition coefficient (Wildman–Crippen LogP) is -2.20. The van der Waals surface area contributed by atoms with Crippen LogP contribution in [0.15, 0.2) is 24.5 Å². The SMILES string of the molecule is NC(=O)c1ccc[n+]([C@@H]2OC(COP(=O)(O)O)[C@@H](O)[C@H]2O)c1. The molecule has 0 bridgehead atoms. The Morgan fingerprint density at radius 2 is 2.09 bits per heavy atom. The number of hydrogen-bond acceptors (Lipinski definition) is 6. The van der Waals surface area contributed by atoms with Gasteiger partial charge < -0.3 is 30.5 Å². The molecule has 0 aliphatic carbocycles. The molecule has 11 heteroatoms. The van der Waals surface area contributed by atoms with Gasteiger partial charge in [0.25, 0.3) is 12.1 Å². The highest BCUT2D eigenvalue weighted by molar-refractivity contribution is 7.46. The lowest BCUT2D eigenvalue weighted by molar-refractivity contribution is -0.765. The molecule has 1 aromatic heterocycles. The maximum atomic E-state index is 11.1. The molecule has 1 unspecified atom stereocenters. The summed E-state index contributed by atoms with van der Waals surface area (Å²) in [5.74, 6) is -0.677. The quantitative estimate of drug-likeness (QED) is 0.299. The van der Waals surface area contributed by atoms with Crippen molar-refractivity contribution >= 4 is 13.7 Å². The minimum absolute atomic E-state index is 0.169. The number of carbonyl (C=O) groups is 1. The van der Waals surface area contributed by atoms with Crippen molar-refractivity contribution in [2.75, 3.05) is 6.61 Å². The molecular weight excluding hydrogens is 319 g/mol. The minimum Gasteiger partial charge on any atom is -0.387 e. The number of aliphatic hydroxyl groups excluding tert-OH is 2. The molecule has 22 heavy (non-hydrogen) atoms. The van der Waals surface area contributed by atoms with Gasteiger partial charge in [-0.3, -0.25) is 9.32 Å². The average Bonchev–Trinajstić information content (AvgIpc) is 2.72. The van der Waals surface area contributed by atoms with Crippen LogP contribution in [0.3, 0.4) is 0 Å². The van der Waals surface area contributed by atoms with Gasteiger partial charge in [0.2, 0.25) is 0 Å². The lowest BCUT2D eigenvalue weighted by atomic mass is 10.1. The number of carbonyl (C=O) groups excluding carboxylic acids is 1. The lowest BCUT2D eigenvalue weighted by Crippen LogP contribution is -2.46. The first-order valence-electron chi connectivity index (χ1n) is 6.21. The van der Waals surface area contributed by atoms with E-state index in [9.17, 15) is 19.6 Å². The van der Waals surface area contributed by atoms with Gasteiger partial charge in [0.15, 0.2) is 18.5 Å². The molecule has 122 valence electrons. The summed E-state index contributed by atoms with van der Waals surface area (Å²) in [6.45, 7) is -0.602. The monoisotopic (exact) mass is 335 g/mol. The minimum atomic E-state index is -4.72. The maximum absolute atomic E-state index is 11.1. The van der Waals surface area contributed by atoms with Crippen molar-refractivity contribution in [3.63, 3.8) is 0 Å². The number of aliphatic hydroxyl groups is 2. The van der Waals surface area contributed by atoms with Crippen molar-refractivity contribution in [3.05, 3.63) is 30.1 Å². The number of rotatable bonds is 5. The van der Waals surface area contributed by atoms with Crippen LogP contribution in [0.25, 0.3) is 0 Å². The second kappa shape index (κ2) is 6.39. The molecule has 1 aromatic rings. The molecule has 0 radical (unpaired) electrons. The first-order chi connectivity index (χ1) is 10.2. The van der Waals surface area contributed by atoms with E-state index in [1.54, 1.807) is 0 Å². The van der Waals surface area contributed by atoms with Crippen LogP contribution in [-0.4, -0.2) is 50.8 Å². The normalized spacial score (nSPS) is 28.7. The van der Waals surface area contributed by atoms with Gasteiger partial charge in [0, 0.05) is 6.07 Å². The number of primary amides is 1. The van der Waals surface area contributed by atoms with Gasteiger partial charge in [-0.15, -0.1) is 0 Å². The predicted molar refractivity (Wildman–Crippen MR) is 69.1 cm³/mol. The van der Waals surface area contributed by atoms with Crippen LogP contribution in [0, 0.1) is 0 Å². The summed E-state index contributed by atoms with van der Waals surface area (Å²) in [4.78, 5) is 28.4. The number of phosphoric ester groups is 1. The van der Waals surface area contributed by atoms with Gasteiger partial charge in [-0.1, -0.05) is 0 Å². The third-order valence-electron chi connectivity index (χ3n) is 3.14. The van der Waals surface area contributed by atoms with Crippen LogP contribution < -0.4 is 10.3 Å². The average molecular weight is 335 g/mol. The molecular formula is C11H16N2O8P+. The van der Waals surface area contributed by atoms with Gasteiger partial charge in [0.1, 0.15) is 17.8 Å². The standard InChI is InChI=1S/C11H15N2O8P/c12-10(16)6-2-1-3-13(4-6)11-9(15)8(14)7(21-11)5-20-22(17,18)19/h1-4,7-9,11,14-15H,5H2,(H3-,12,16,17,18,19)/p+1/t7?,8-,9-,11-/m1/s1. The van der Waals surface area contributed by atoms with Gasteiger partial charge in [-0.25, -0.2) is 4.57 Å². The highest BCUT2D eigenvalue weighted by atomic mass is 31.2. The molecule has 0 aromatic carbocycles. The molecule has 2 rings (SSSR count). The summed E-state index contributed by atoms with van der Waals surface area (Å²) in [6, 6.07) is 2.97. The second-order valence-corrected chi connectivity index (χ2v) is 5.98. The smallest absolute Gasteiger partial charge is 0.387 e. The van der Waals surface area contributed by atoms with E-state index in [4.69, 9.17) is 20.3 Å². The summed E-state index contributed by atoms with van der Waals surface area (Å²) < 4.78 is 21.6. The van der Waals surface area contributed by atoms with Gasteiger partial charge in [0.05, 0.1) is 6.61 Å². The van der Waals surface area contributed by atoms with Gasteiger partial charge >= 0.3 is 7.82 Å². The molecule has 1 saturated heterocycles. The Balaban J connectivity index is 2.14. The van der Waals surface area contributed by atoms with Crippen LogP contribution in [0.2, 0.25) is 0 Å². The zero-order valence-corrected chi connectivity index (χ0v) is 12.1. The Hall–Kier alpha value is -1.39.